The van der Waals surface area contributed by atoms with Crippen molar-refractivity contribution < 1.29 is 57.8 Å². The molecule has 5 bridgehead atoms. The molecule has 0 aromatic rings. The Morgan fingerprint density at radius 1 is 0.776 bits per heavy atom. The number of aliphatic hydroxyl groups excluding tert-OH is 1. The van der Waals surface area contributed by atoms with Crippen molar-refractivity contribution in [3.63, 3.8) is 0 Å². The second-order valence-electron chi connectivity index (χ2n) is 19.4. The van der Waals surface area contributed by atoms with Crippen molar-refractivity contribution in [1.29, 1.82) is 0 Å². The average molecular weight is 819 g/mol. The van der Waals surface area contributed by atoms with Gasteiger partial charge in [0, 0.05) is 42.6 Å². The molecular weight excluding hydrogens is 744 g/mol. The molecule has 7 aliphatic rings. The maximum absolute atomic E-state index is 14.6. The highest BCUT2D eigenvalue weighted by atomic mass is 16.8. The van der Waals surface area contributed by atoms with Gasteiger partial charge in [-0.15, -0.1) is 0 Å². The second kappa shape index (κ2) is 17.8. The summed E-state index contributed by atoms with van der Waals surface area (Å²) in [7, 11) is 0. The van der Waals surface area contributed by atoms with E-state index in [1.165, 1.54) is 12.2 Å². The fraction of sp³-hybridized carbons (Fsp3) is 0.891. The lowest BCUT2D eigenvalue weighted by atomic mass is 9.72. The van der Waals surface area contributed by atoms with E-state index in [0.717, 1.165) is 12.8 Å². The first kappa shape index (κ1) is 45.6. The van der Waals surface area contributed by atoms with Crippen LogP contribution in [0.15, 0.2) is 12.2 Å². The topological polar surface area (TPSA) is 156 Å². The molecule has 2 N–H and O–H groups in total. The molecule has 0 saturated carbocycles. The van der Waals surface area contributed by atoms with Gasteiger partial charge in [-0.1, -0.05) is 55.4 Å². The molecule has 0 aliphatic carbocycles. The van der Waals surface area contributed by atoms with Crippen LogP contribution in [0.25, 0.3) is 0 Å². The third-order valence-corrected chi connectivity index (χ3v) is 15.6. The third-order valence-electron chi connectivity index (χ3n) is 15.6. The minimum atomic E-state index is -1.38. The molecule has 7 aliphatic heterocycles. The number of Topliss-reactive ketones (excluding diaryl/α,β-unsaturated/α-hetero) is 1. The molecule has 5 saturated heterocycles. The number of fused-ring (bicyclic) bond motifs is 11. The van der Waals surface area contributed by atoms with Gasteiger partial charge in [0.1, 0.15) is 12.4 Å². The van der Waals surface area contributed by atoms with Crippen molar-refractivity contribution in [2.75, 3.05) is 6.61 Å². The molecule has 58 heavy (non-hydrogen) atoms. The Balaban J connectivity index is 1.34. The fourth-order valence-corrected chi connectivity index (χ4v) is 11.6. The van der Waals surface area contributed by atoms with Crippen LogP contribution in [0.3, 0.4) is 0 Å². The summed E-state index contributed by atoms with van der Waals surface area (Å²) in [5.74, 6) is -5.58. The summed E-state index contributed by atoms with van der Waals surface area (Å²) in [5.41, 5.74) is -1.73. The maximum Gasteiger partial charge on any atom is 0.331 e. The molecule has 18 atom stereocenters. The van der Waals surface area contributed by atoms with E-state index in [9.17, 15) is 24.6 Å². The van der Waals surface area contributed by atoms with Crippen LogP contribution < -0.4 is 0 Å². The van der Waals surface area contributed by atoms with Crippen LogP contribution in [-0.4, -0.2) is 100 Å². The zero-order chi connectivity index (χ0) is 42.4. The van der Waals surface area contributed by atoms with Crippen molar-refractivity contribution in [2.24, 2.45) is 41.4 Å². The Kier molecular flexibility index (Phi) is 14.0. The quantitative estimate of drug-likeness (QED) is 0.281. The number of ketones is 1. The molecule has 5 fully saturated rings. The Labute approximate surface area is 346 Å². The van der Waals surface area contributed by atoms with E-state index >= 15 is 0 Å². The van der Waals surface area contributed by atoms with Crippen LogP contribution in [0.2, 0.25) is 0 Å². The van der Waals surface area contributed by atoms with Crippen LogP contribution in [-0.2, 0) is 47.5 Å². The van der Waals surface area contributed by atoms with E-state index < -0.39 is 83.0 Å². The Morgan fingerprint density at radius 3 is 2.16 bits per heavy atom. The van der Waals surface area contributed by atoms with Gasteiger partial charge in [-0.3, -0.25) is 9.59 Å². The van der Waals surface area contributed by atoms with Crippen LogP contribution in [0, 0.1) is 41.4 Å². The van der Waals surface area contributed by atoms with Gasteiger partial charge in [0.2, 0.25) is 5.79 Å². The predicted molar refractivity (Wildman–Crippen MR) is 215 cm³/mol. The lowest BCUT2D eigenvalue weighted by Crippen LogP contribution is -2.65. The SMILES string of the molecule is CC[C@H]1C(=O)[C@@H](C)[C@@H](O)[C@H](C)[C@@H]2O[C@H](CC[C@@H]2C)[C@@H](CC)C(=O)OC/C=C/C(=O)O[C@@H]2CC[C@]3(O[C@H]1[C@@H](C)C[C@H]3C)O[C@@]21CC[C@@](C)([C@H]2CC[C@](O)(CC)[C@H](C)O2)O1. The van der Waals surface area contributed by atoms with E-state index in [-0.39, 0.29) is 48.3 Å². The van der Waals surface area contributed by atoms with Crippen molar-refractivity contribution in [3.8, 4) is 0 Å². The highest BCUT2D eigenvalue weighted by Crippen LogP contribution is 2.56. The van der Waals surface area contributed by atoms with Gasteiger partial charge < -0.3 is 43.4 Å². The van der Waals surface area contributed by atoms with Gasteiger partial charge in [-0.05, 0) is 96.0 Å². The summed E-state index contributed by atoms with van der Waals surface area (Å²) >= 11 is 0. The van der Waals surface area contributed by atoms with Gasteiger partial charge >= 0.3 is 11.9 Å². The molecule has 7 heterocycles. The maximum atomic E-state index is 14.6. The summed E-state index contributed by atoms with van der Waals surface area (Å²) in [6, 6.07) is 0. The standard InChI is InChI=1S/C46H74O12/c1-11-32-34-17-16-26(4)40(54-34)30(8)38(48)29(7)39(49)33(12-2)41-27(5)25-28(6)45(56-41)21-19-36(55-37(47)15-14-24-52-42(32)50)46(58-45)23-22-43(10,57-46)35-18-20-44(51,13-3)31(9)53-35/h14-15,26-36,38,40-41,48,51H,11-13,16-25H2,1-10H3/b15-14+/t26-,27-,28+,29-,30-,31-,32+,33-,34+,35+,36+,38+,40+,41-,43-,44+,45-,46-/m0/s1. The lowest BCUT2D eigenvalue weighted by molar-refractivity contribution is -0.442. The molecule has 2 spiro atoms. The number of carbonyl (C=O) groups excluding carboxylic acids is 3. The highest BCUT2D eigenvalue weighted by Gasteiger charge is 2.65. The largest absolute Gasteiger partial charge is 0.461 e. The van der Waals surface area contributed by atoms with Gasteiger partial charge in [0.05, 0.1) is 53.7 Å². The van der Waals surface area contributed by atoms with E-state index in [0.29, 0.717) is 64.2 Å². The highest BCUT2D eigenvalue weighted by molar-refractivity contribution is 5.84. The van der Waals surface area contributed by atoms with Gasteiger partial charge in [-0.25, -0.2) is 4.79 Å². The first-order chi connectivity index (χ1) is 27.4. The fourth-order valence-electron chi connectivity index (χ4n) is 11.6. The Morgan fingerprint density at radius 2 is 1.48 bits per heavy atom. The van der Waals surface area contributed by atoms with Crippen LogP contribution in [0.1, 0.15) is 146 Å². The molecule has 0 radical (unpaired) electrons. The summed E-state index contributed by atoms with van der Waals surface area (Å²) < 4.78 is 46.6. The van der Waals surface area contributed by atoms with Gasteiger partial charge in [-0.2, -0.15) is 0 Å². The van der Waals surface area contributed by atoms with E-state index in [1.807, 2.05) is 48.5 Å². The van der Waals surface area contributed by atoms with Crippen molar-refractivity contribution >= 4 is 17.7 Å². The molecule has 0 aromatic heterocycles. The number of rotatable bonds is 4. The normalized spacial score (nSPS) is 50.4. The first-order valence-corrected chi connectivity index (χ1v) is 22.7. The van der Waals surface area contributed by atoms with Gasteiger partial charge in [0.25, 0.3) is 0 Å². The van der Waals surface area contributed by atoms with E-state index in [2.05, 4.69) is 20.8 Å². The zero-order valence-corrected chi connectivity index (χ0v) is 36.9. The monoisotopic (exact) mass is 819 g/mol. The molecule has 0 amide bonds. The average Bonchev–Trinajstić information content (AvgIpc) is 3.54. The zero-order valence-electron chi connectivity index (χ0n) is 36.9. The molecular formula is C46H74O12. The van der Waals surface area contributed by atoms with E-state index in [4.69, 9.17) is 33.2 Å². The molecule has 7 rings (SSSR count). The predicted octanol–water partition coefficient (Wildman–Crippen LogP) is 6.99. The Bertz CT molecular complexity index is 1500. The van der Waals surface area contributed by atoms with E-state index in [1.54, 1.807) is 0 Å². The van der Waals surface area contributed by atoms with Crippen molar-refractivity contribution in [1.82, 2.24) is 0 Å². The molecule has 12 heteroatoms. The van der Waals surface area contributed by atoms with Crippen molar-refractivity contribution in [2.45, 2.75) is 212 Å². The molecule has 330 valence electrons. The minimum Gasteiger partial charge on any atom is -0.461 e. The summed E-state index contributed by atoms with van der Waals surface area (Å²) in [6.45, 7) is 19.8. The van der Waals surface area contributed by atoms with Crippen LogP contribution >= 0.6 is 0 Å². The smallest absolute Gasteiger partial charge is 0.331 e. The number of hydrogen-bond donors (Lipinski definition) is 2. The number of hydrogen-bond acceptors (Lipinski definition) is 12. The second-order valence-corrected chi connectivity index (χ2v) is 19.4. The van der Waals surface area contributed by atoms with Crippen LogP contribution in [0.5, 0.6) is 0 Å². The molecule has 0 aromatic carbocycles. The van der Waals surface area contributed by atoms with Crippen LogP contribution in [0.4, 0.5) is 0 Å². The first-order valence-electron chi connectivity index (χ1n) is 22.7. The summed E-state index contributed by atoms with van der Waals surface area (Å²) in [6.07, 6.45) is 5.86. The molecule has 0 unspecified atom stereocenters. The number of carbonyl (C=O) groups is 3. The summed E-state index contributed by atoms with van der Waals surface area (Å²) in [4.78, 5) is 41.6. The lowest BCUT2D eigenvalue weighted by Gasteiger charge is -2.57. The number of aliphatic hydroxyl groups is 2. The number of ether oxygens (including phenoxy) is 7. The number of esters is 2. The van der Waals surface area contributed by atoms with Gasteiger partial charge in [0.15, 0.2) is 11.9 Å². The molecule has 12 nitrogen and oxygen atoms in total. The third kappa shape index (κ3) is 8.60. The Hall–Kier alpha value is -1.93. The van der Waals surface area contributed by atoms with Crippen molar-refractivity contribution in [3.05, 3.63) is 12.2 Å². The summed E-state index contributed by atoms with van der Waals surface area (Å²) in [5, 5.41) is 23.1. The minimum absolute atomic E-state index is 0.0273.